The van der Waals surface area contributed by atoms with Crippen molar-refractivity contribution >= 4 is 5.91 Å². The Morgan fingerprint density at radius 1 is 1.47 bits per heavy atom. The second-order valence-corrected chi connectivity index (χ2v) is 5.88. The zero-order valence-electron chi connectivity index (χ0n) is 12.9. The van der Waals surface area contributed by atoms with E-state index in [1.54, 1.807) is 7.11 Å². The van der Waals surface area contributed by atoms with Gasteiger partial charge in [-0.05, 0) is 32.6 Å². The fourth-order valence-corrected chi connectivity index (χ4v) is 3.16. The van der Waals surface area contributed by atoms with Crippen LogP contribution in [0.4, 0.5) is 0 Å². The first kappa shape index (κ1) is 16.4. The molecule has 1 amide bonds. The molecule has 0 aromatic heterocycles. The molecular weight excluding hydrogens is 240 g/mol. The smallest absolute Gasteiger partial charge is 0.230 e. The summed E-state index contributed by atoms with van der Waals surface area (Å²) in [5, 5.41) is 0. The number of methoxy groups -OCH3 is 1. The monoisotopic (exact) mass is 270 g/mol. The van der Waals surface area contributed by atoms with Gasteiger partial charge in [0, 0.05) is 25.7 Å². The Hall–Kier alpha value is -0.610. The number of hydrogen-bond donors (Lipinski definition) is 1. The largest absolute Gasteiger partial charge is 0.383 e. The first-order chi connectivity index (χ1) is 9.01. The van der Waals surface area contributed by atoms with Crippen LogP contribution in [-0.4, -0.2) is 43.2 Å². The molecule has 4 heteroatoms. The Balaban J connectivity index is 2.86. The quantitative estimate of drug-likeness (QED) is 0.771. The van der Waals surface area contributed by atoms with Crippen LogP contribution in [0.1, 0.15) is 52.9 Å². The first-order valence-corrected chi connectivity index (χ1v) is 7.56. The molecule has 19 heavy (non-hydrogen) atoms. The van der Waals surface area contributed by atoms with E-state index in [2.05, 4.69) is 13.8 Å². The predicted molar refractivity (Wildman–Crippen MR) is 77.9 cm³/mol. The van der Waals surface area contributed by atoms with E-state index in [-0.39, 0.29) is 17.4 Å². The van der Waals surface area contributed by atoms with Gasteiger partial charge in [0.15, 0.2) is 0 Å². The van der Waals surface area contributed by atoms with Crippen LogP contribution in [0.5, 0.6) is 0 Å². The third-order valence-electron chi connectivity index (χ3n) is 4.70. The lowest BCUT2D eigenvalue weighted by molar-refractivity contribution is -0.145. The second-order valence-electron chi connectivity index (χ2n) is 5.88. The van der Waals surface area contributed by atoms with Gasteiger partial charge in [-0.25, -0.2) is 0 Å². The minimum atomic E-state index is -0.379. The summed E-state index contributed by atoms with van der Waals surface area (Å²) < 4.78 is 5.16. The standard InChI is InChI=1S/C15H30N2O2/c1-5-12(6-2)17(10-11-19-4)14(18)15(3)9-7-8-13(15)16/h12-13H,5-11,16H2,1-4H3. The number of carbonyl (C=O) groups is 1. The van der Waals surface area contributed by atoms with Crippen LogP contribution < -0.4 is 5.73 Å². The molecule has 1 aliphatic carbocycles. The lowest BCUT2D eigenvalue weighted by Gasteiger charge is -2.38. The number of amides is 1. The number of ether oxygens (including phenoxy) is 1. The SMILES string of the molecule is CCC(CC)N(CCOC)C(=O)C1(C)CCCC1N. The maximum Gasteiger partial charge on any atom is 0.230 e. The van der Waals surface area contributed by atoms with Gasteiger partial charge < -0.3 is 15.4 Å². The highest BCUT2D eigenvalue weighted by atomic mass is 16.5. The van der Waals surface area contributed by atoms with Crippen LogP contribution in [0.3, 0.4) is 0 Å². The van der Waals surface area contributed by atoms with Gasteiger partial charge in [-0.2, -0.15) is 0 Å². The molecule has 0 heterocycles. The summed E-state index contributed by atoms with van der Waals surface area (Å²) in [5.74, 6) is 0.225. The average molecular weight is 270 g/mol. The summed E-state index contributed by atoms with van der Waals surface area (Å²) in [6, 6.07) is 0.298. The Kier molecular flexibility index (Phi) is 6.27. The molecular formula is C15H30N2O2. The van der Waals surface area contributed by atoms with E-state index < -0.39 is 0 Å². The third kappa shape index (κ3) is 3.48. The van der Waals surface area contributed by atoms with Gasteiger partial charge in [-0.3, -0.25) is 4.79 Å². The van der Waals surface area contributed by atoms with Gasteiger partial charge in [0.1, 0.15) is 0 Å². The minimum Gasteiger partial charge on any atom is -0.383 e. The fourth-order valence-electron chi connectivity index (χ4n) is 3.16. The van der Waals surface area contributed by atoms with E-state index in [0.29, 0.717) is 19.2 Å². The van der Waals surface area contributed by atoms with Crippen LogP contribution >= 0.6 is 0 Å². The van der Waals surface area contributed by atoms with Gasteiger partial charge in [0.05, 0.1) is 12.0 Å². The van der Waals surface area contributed by atoms with Crippen LogP contribution in [0.15, 0.2) is 0 Å². The molecule has 2 atom stereocenters. The van der Waals surface area contributed by atoms with Gasteiger partial charge in [-0.15, -0.1) is 0 Å². The van der Waals surface area contributed by atoms with Gasteiger partial charge >= 0.3 is 0 Å². The lowest BCUT2D eigenvalue weighted by atomic mass is 9.83. The normalized spacial score (nSPS) is 26.9. The highest BCUT2D eigenvalue weighted by Crippen LogP contribution is 2.39. The first-order valence-electron chi connectivity index (χ1n) is 7.56. The Bertz CT molecular complexity index is 292. The average Bonchev–Trinajstić information content (AvgIpc) is 2.75. The summed E-state index contributed by atoms with van der Waals surface area (Å²) in [6.07, 6.45) is 4.90. The molecule has 4 nitrogen and oxygen atoms in total. The van der Waals surface area contributed by atoms with E-state index >= 15 is 0 Å². The van der Waals surface area contributed by atoms with Crippen molar-refractivity contribution in [1.29, 1.82) is 0 Å². The van der Waals surface area contributed by atoms with E-state index in [4.69, 9.17) is 10.5 Å². The molecule has 1 saturated carbocycles. The molecule has 2 unspecified atom stereocenters. The molecule has 1 fully saturated rings. The van der Waals surface area contributed by atoms with Crippen molar-refractivity contribution in [2.24, 2.45) is 11.1 Å². The van der Waals surface area contributed by atoms with Gasteiger partial charge in [0.25, 0.3) is 0 Å². The molecule has 0 saturated heterocycles. The zero-order chi connectivity index (χ0) is 14.5. The van der Waals surface area contributed by atoms with Crippen LogP contribution in [0, 0.1) is 5.41 Å². The van der Waals surface area contributed by atoms with Crippen LogP contribution in [0.25, 0.3) is 0 Å². The number of rotatable bonds is 7. The van der Waals surface area contributed by atoms with Crippen molar-refractivity contribution in [1.82, 2.24) is 4.90 Å². The van der Waals surface area contributed by atoms with Crippen molar-refractivity contribution in [3.63, 3.8) is 0 Å². The van der Waals surface area contributed by atoms with Gasteiger partial charge in [-0.1, -0.05) is 20.3 Å². The molecule has 0 aromatic rings. The number of carbonyl (C=O) groups excluding carboxylic acids is 1. The maximum absolute atomic E-state index is 12.9. The van der Waals surface area contributed by atoms with Crippen molar-refractivity contribution in [3.8, 4) is 0 Å². The van der Waals surface area contributed by atoms with Crippen molar-refractivity contribution in [3.05, 3.63) is 0 Å². The van der Waals surface area contributed by atoms with Crippen LogP contribution in [0.2, 0.25) is 0 Å². The molecule has 0 aliphatic heterocycles. The molecule has 0 spiro atoms. The Morgan fingerprint density at radius 3 is 2.53 bits per heavy atom. The minimum absolute atomic E-state index is 0.000549. The topological polar surface area (TPSA) is 55.6 Å². The van der Waals surface area contributed by atoms with Crippen molar-refractivity contribution in [2.45, 2.75) is 65.0 Å². The van der Waals surface area contributed by atoms with E-state index in [1.807, 2.05) is 11.8 Å². The Labute approximate surface area is 117 Å². The van der Waals surface area contributed by atoms with Gasteiger partial charge in [0.2, 0.25) is 5.91 Å². The number of nitrogens with zero attached hydrogens (tertiary/aromatic N) is 1. The zero-order valence-corrected chi connectivity index (χ0v) is 12.9. The molecule has 1 rings (SSSR count). The maximum atomic E-state index is 12.9. The lowest BCUT2D eigenvalue weighted by Crippen LogP contribution is -2.53. The molecule has 0 aromatic carbocycles. The molecule has 0 bridgehead atoms. The summed E-state index contributed by atoms with van der Waals surface area (Å²) in [4.78, 5) is 14.9. The molecule has 1 aliphatic rings. The third-order valence-corrected chi connectivity index (χ3v) is 4.70. The molecule has 0 radical (unpaired) electrons. The summed E-state index contributed by atoms with van der Waals surface area (Å²) in [7, 11) is 1.68. The highest BCUT2D eigenvalue weighted by molar-refractivity contribution is 5.84. The van der Waals surface area contributed by atoms with Crippen molar-refractivity contribution in [2.75, 3.05) is 20.3 Å². The van der Waals surface area contributed by atoms with Crippen molar-refractivity contribution < 1.29 is 9.53 Å². The fraction of sp³-hybridized carbons (Fsp3) is 0.933. The predicted octanol–water partition coefficient (Wildman–Crippen LogP) is 2.17. The molecule has 112 valence electrons. The summed E-state index contributed by atoms with van der Waals surface area (Å²) in [5.41, 5.74) is 5.81. The number of hydrogen-bond acceptors (Lipinski definition) is 3. The Morgan fingerprint density at radius 2 is 2.11 bits per heavy atom. The highest BCUT2D eigenvalue weighted by Gasteiger charge is 2.45. The molecule has 2 N–H and O–H groups in total. The van der Waals surface area contributed by atoms with E-state index in [9.17, 15) is 4.79 Å². The van der Waals surface area contributed by atoms with E-state index in [1.165, 1.54) is 0 Å². The summed E-state index contributed by atoms with van der Waals surface area (Å²) >= 11 is 0. The second kappa shape index (κ2) is 7.25. The number of nitrogens with two attached hydrogens (primary N) is 1. The van der Waals surface area contributed by atoms with Crippen LogP contribution in [-0.2, 0) is 9.53 Å². The van der Waals surface area contributed by atoms with E-state index in [0.717, 1.165) is 32.1 Å². The summed E-state index contributed by atoms with van der Waals surface area (Å²) in [6.45, 7) is 7.57.